The van der Waals surface area contributed by atoms with Gasteiger partial charge in [-0.3, -0.25) is 4.79 Å². The first-order chi connectivity index (χ1) is 6.15. The molecule has 0 heterocycles. The largest absolute Gasteiger partial charge is 0.464 e. The summed E-state index contributed by atoms with van der Waals surface area (Å²) in [5.74, 6) is 0.349. The summed E-state index contributed by atoms with van der Waals surface area (Å²) < 4.78 is 5.14. The highest BCUT2D eigenvalue weighted by Crippen LogP contribution is 2.07. The fraction of sp³-hybridized carbons (Fsp3) is 0.900. The molecule has 0 saturated heterocycles. The van der Waals surface area contributed by atoms with Gasteiger partial charge in [0.1, 0.15) is 6.04 Å². The van der Waals surface area contributed by atoms with Crippen molar-refractivity contribution in [3.63, 3.8) is 0 Å². The molecule has 13 heavy (non-hydrogen) atoms. The molecule has 0 aromatic carbocycles. The Labute approximate surface area is 80.8 Å². The van der Waals surface area contributed by atoms with Crippen LogP contribution in [0.15, 0.2) is 0 Å². The lowest BCUT2D eigenvalue weighted by molar-refractivity contribution is -0.147. The van der Waals surface area contributed by atoms with E-state index in [4.69, 9.17) is 4.74 Å². The zero-order chi connectivity index (χ0) is 10.3. The number of likely N-dealkylation sites (N-methyl/N-ethyl adjacent to an activating group) is 1. The average molecular weight is 187 g/mol. The standard InChI is InChI=1S/C10H21NO2/c1-5-9(6-2)7-13-10(12)8(3)11-4/h8-9,11H,5-7H2,1-4H3. The van der Waals surface area contributed by atoms with Crippen LogP contribution < -0.4 is 5.32 Å². The lowest BCUT2D eigenvalue weighted by atomic mass is 10.1. The number of hydrogen-bond acceptors (Lipinski definition) is 3. The zero-order valence-corrected chi connectivity index (χ0v) is 9.09. The molecular formula is C10H21NO2. The van der Waals surface area contributed by atoms with Crippen molar-refractivity contribution in [3.05, 3.63) is 0 Å². The lowest BCUT2D eigenvalue weighted by Crippen LogP contribution is -2.33. The first-order valence-electron chi connectivity index (χ1n) is 4.99. The number of rotatable bonds is 6. The molecule has 1 unspecified atom stereocenters. The lowest BCUT2D eigenvalue weighted by Gasteiger charge is -2.15. The molecule has 0 rings (SSSR count). The summed E-state index contributed by atoms with van der Waals surface area (Å²) in [5, 5.41) is 2.85. The normalized spacial score (nSPS) is 13.0. The number of carbonyl (C=O) groups is 1. The summed E-state index contributed by atoms with van der Waals surface area (Å²) in [6, 6.07) is -0.200. The predicted octanol–water partition coefficient (Wildman–Crippen LogP) is 1.57. The van der Waals surface area contributed by atoms with Crippen molar-refractivity contribution in [2.45, 2.75) is 39.7 Å². The molecule has 0 spiro atoms. The van der Waals surface area contributed by atoms with Crippen LogP contribution in [0, 0.1) is 5.92 Å². The van der Waals surface area contributed by atoms with Gasteiger partial charge >= 0.3 is 5.97 Å². The van der Waals surface area contributed by atoms with Gasteiger partial charge in [0.15, 0.2) is 0 Å². The third-order valence-electron chi connectivity index (χ3n) is 2.40. The molecule has 1 atom stereocenters. The molecule has 0 aliphatic heterocycles. The van der Waals surface area contributed by atoms with Crippen LogP contribution in [0.4, 0.5) is 0 Å². The molecule has 0 aromatic rings. The van der Waals surface area contributed by atoms with E-state index in [0.717, 1.165) is 12.8 Å². The fourth-order valence-electron chi connectivity index (χ4n) is 0.967. The van der Waals surface area contributed by atoms with Crippen molar-refractivity contribution in [1.29, 1.82) is 0 Å². The van der Waals surface area contributed by atoms with E-state index in [1.165, 1.54) is 0 Å². The molecule has 78 valence electrons. The van der Waals surface area contributed by atoms with Crippen LogP contribution in [0.5, 0.6) is 0 Å². The Bertz CT molecular complexity index is 144. The summed E-state index contributed by atoms with van der Waals surface area (Å²) in [6.07, 6.45) is 2.13. The maximum atomic E-state index is 11.2. The minimum absolute atomic E-state index is 0.158. The molecule has 0 saturated carbocycles. The zero-order valence-electron chi connectivity index (χ0n) is 9.09. The van der Waals surface area contributed by atoms with Gasteiger partial charge in [-0.1, -0.05) is 26.7 Å². The number of ether oxygens (including phenoxy) is 1. The SMILES string of the molecule is CCC(CC)COC(=O)C(C)NC. The Kier molecular flexibility index (Phi) is 6.59. The maximum Gasteiger partial charge on any atom is 0.322 e. The molecule has 0 bridgehead atoms. The Morgan fingerprint density at radius 2 is 1.92 bits per heavy atom. The fourth-order valence-corrected chi connectivity index (χ4v) is 0.967. The van der Waals surface area contributed by atoms with Crippen LogP contribution in [0.2, 0.25) is 0 Å². The molecule has 0 radical (unpaired) electrons. The van der Waals surface area contributed by atoms with Gasteiger partial charge < -0.3 is 10.1 Å². The second-order valence-electron chi connectivity index (χ2n) is 3.32. The minimum Gasteiger partial charge on any atom is -0.464 e. The number of nitrogens with one attached hydrogen (secondary N) is 1. The molecule has 0 aromatic heterocycles. The molecule has 0 fully saturated rings. The van der Waals surface area contributed by atoms with Crippen LogP contribution in [0.1, 0.15) is 33.6 Å². The summed E-state index contributed by atoms with van der Waals surface area (Å²) in [6.45, 7) is 6.58. The second-order valence-corrected chi connectivity index (χ2v) is 3.32. The number of carbonyl (C=O) groups excluding carboxylic acids is 1. The topological polar surface area (TPSA) is 38.3 Å². The summed E-state index contributed by atoms with van der Waals surface area (Å²) in [7, 11) is 1.75. The molecule has 0 aliphatic rings. The Morgan fingerprint density at radius 1 is 1.38 bits per heavy atom. The van der Waals surface area contributed by atoms with E-state index in [1.54, 1.807) is 14.0 Å². The van der Waals surface area contributed by atoms with Crippen molar-refractivity contribution in [1.82, 2.24) is 5.32 Å². The third-order valence-corrected chi connectivity index (χ3v) is 2.40. The first kappa shape index (κ1) is 12.4. The van der Waals surface area contributed by atoms with Crippen LogP contribution >= 0.6 is 0 Å². The van der Waals surface area contributed by atoms with Gasteiger partial charge in [-0.15, -0.1) is 0 Å². The van der Waals surface area contributed by atoms with Crippen molar-refractivity contribution in [2.75, 3.05) is 13.7 Å². The molecule has 3 heteroatoms. The van der Waals surface area contributed by atoms with Gasteiger partial charge in [0, 0.05) is 0 Å². The van der Waals surface area contributed by atoms with E-state index in [1.807, 2.05) is 0 Å². The van der Waals surface area contributed by atoms with E-state index in [0.29, 0.717) is 12.5 Å². The third kappa shape index (κ3) is 4.88. The molecule has 0 aliphatic carbocycles. The van der Waals surface area contributed by atoms with Gasteiger partial charge in [0.2, 0.25) is 0 Å². The molecule has 0 amide bonds. The van der Waals surface area contributed by atoms with Gasteiger partial charge in [-0.25, -0.2) is 0 Å². The Morgan fingerprint density at radius 3 is 2.31 bits per heavy atom. The van der Waals surface area contributed by atoms with Gasteiger partial charge in [-0.2, -0.15) is 0 Å². The number of hydrogen-bond donors (Lipinski definition) is 1. The molecule has 3 nitrogen and oxygen atoms in total. The van der Waals surface area contributed by atoms with Crippen LogP contribution in [-0.2, 0) is 9.53 Å². The van der Waals surface area contributed by atoms with E-state index in [9.17, 15) is 4.79 Å². The van der Waals surface area contributed by atoms with Crippen molar-refractivity contribution in [3.8, 4) is 0 Å². The van der Waals surface area contributed by atoms with E-state index < -0.39 is 0 Å². The predicted molar refractivity (Wildman–Crippen MR) is 53.6 cm³/mol. The summed E-state index contributed by atoms with van der Waals surface area (Å²) in [4.78, 5) is 11.2. The van der Waals surface area contributed by atoms with Crippen molar-refractivity contribution in [2.24, 2.45) is 5.92 Å². The van der Waals surface area contributed by atoms with Crippen LogP contribution in [0.3, 0.4) is 0 Å². The average Bonchev–Trinajstić information content (AvgIpc) is 2.17. The number of esters is 1. The second kappa shape index (κ2) is 6.89. The highest BCUT2D eigenvalue weighted by Gasteiger charge is 2.13. The van der Waals surface area contributed by atoms with Gasteiger partial charge in [0.05, 0.1) is 6.61 Å². The molecular weight excluding hydrogens is 166 g/mol. The van der Waals surface area contributed by atoms with E-state index >= 15 is 0 Å². The summed E-state index contributed by atoms with van der Waals surface area (Å²) >= 11 is 0. The molecule has 1 N–H and O–H groups in total. The Balaban J connectivity index is 3.68. The smallest absolute Gasteiger partial charge is 0.322 e. The van der Waals surface area contributed by atoms with E-state index in [2.05, 4.69) is 19.2 Å². The van der Waals surface area contributed by atoms with E-state index in [-0.39, 0.29) is 12.0 Å². The van der Waals surface area contributed by atoms with Gasteiger partial charge in [0.25, 0.3) is 0 Å². The van der Waals surface area contributed by atoms with Crippen molar-refractivity contribution >= 4 is 5.97 Å². The first-order valence-corrected chi connectivity index (χ1v) is 4.99. The highest BCUT2D eigenvalue weighted by molar-refractivity contribution is 5.75. The minimum atomic E-state index is -0.200. The highest BCUT2D eigenvalue weighted by atomic mass is 16.5. The van der Waals surface area contributed by atoms with Crippen molar-refractivity contribution < 1.29 is 9.53 Å². The van der Waals surface area contributed by atoms with Crippen LogP contribution in [-0.4, -0.2) is 25.7 Å². The Hall–Kier alpha value is -0.570. The van der Waals surface area contributed by atoms with Gasteiger partial charge in [-0.05, 0) is 19.9 Å². The van der Waals surface area contributed by atoms with Crippen LogP contribution in [0.25, 0.3) is 0 Å². The quantitative estimate of drug-likeness (QED) is 0.641. The summed E-state index contributed by atoms with van der Waals surface area (Å²) in [5.41, 5.74) is 0. The monoisotopic (exact) mass is 187 g/mol. The maximum absolute atomic E-state index is 11.2.